The molecule has 0 amide bonds. The molecule has 2 heterocycles. The van der Waals surface area contributed by atoms with E-state index in [1.165, 1.54) is 23.5 Å². The molecule has 0 radical (unpaired) electrons. The number of ether oxygens (including phenoxy) is 1. The topological polar surface area (TPSA) is 56.5 Å². The molecule has 2 aromatic carbocycles. The van der Waals surface area contributed by atoms with Gasteiger partial charge in [0.25, 0.3) is 0 Å². The van der Waals surface area contributed by atoms with E-state index in [2.05, 4.69) is 0 Å². The fourth-order valence-electron chi connectivity index (χ4n) is 2.51. The van der Waals surface area contributed by atoms with Gasteiger partial charge in [-0.1, -0.05) is 18.2 Å². The zero-order valence-corrected chi connectivity index (χ0v) is 13.6. The van der Waals surface area contributed by atoms with Gasteiger partial charge < -0.3 is 9.15 Å². The van der Waals surface area contributed by atoms with Crippen molar-refractivity contribution in [2.24, 2.45) is 0 Å². The third-order valence-corrected chi connectivity index (χ3v) is 4.81. The molecule has 25 heavy (non-hydrogen) atoms. The third-order valence-electron chi connectivity index (χ3n) is 3.71. The van der Waals surface area contributed by atoms with Gasteiger partial charge in [0.15, 0.2) is 12.4 Å². The number of thiophene rings is 1. The van der Waals surface area contributed by atoms with Crippen LogP contribution in [-0.2, 0) is 4.74 Å². The fourth-order valence-corrected chi connectivity index (χ4v) is 3.44. The number of halogens is 1. The Bertz CT molecular complexity index is 1080. The number of benzene rings is 2. The maximum atomic E-state index is 13.2. The number of furan rings is 1. The molecule has 0 fully saturated rings. The zero-order chi connectivity index (χ0) is 17.4. The number of ketones is 1. The Morgan fingerprint density at radius 2 is 1.88 bits per heavy atom. The summed E-state index contributed by atoms with van der Waals surface area (Å²) in [6.07, 6.45) is 0. The summed E-state index contributed by atoms with van der Waals surface area (Å²) in [5, 5.41) is 1.43. The molecule has 4 nitrogen and oxygen atoms in total. The van der Waals surface area contributed by atoms with Gasteiger partial charge in [-0.25, -0.2) is 9.18 Å². The molecule has 0 atom stereocenters. The quantitative estimate of drug-likeness (QED) is 0.389. The second-order valence-corrected chi connectivity index (χ2v) is 6.52. The second kappa shape index (κ2) is 6.14. The summed E-state index contributed by atoms with van der Waals surface area (Å²) < 4.78 is 24.5. The summed E-state index contributed by atoms with van der Waals surface area (Å²) in [7, 11) is 0. The first-order chi connectivity index (χ1) is 12.1. The van der Waals surface area contributed by atoms with Gasteiger partial charge in [-0.15, -0.1) is 11.3 Å². The highest BCUT2D eigenvalue weighted by molar-refractivity contribution is 7.20. The predicted octanol–water partition coefficient (Wildman–Crippen LogP) is 4.83. The maximum absolute atomic E-state index is 13.2. The molecule has 0 aliphatic rings. The van der Waals surface area contributed by atoms with E-state index < -0.39 is 18.4 Å². The Morgan fingerprint density at radius 3 is 2.72 bits per heavy atom. The van der Waals surface area contributed by atoms with Crippen LogP contribution in [0.2, 0.25) is 0 Å². The van der Waals surface area contributed by atoms with Crippen LogP contribution in [0.4, 0.5) is 4.39 Å². The molecule has 2 aromatic heterocycles. The van der Waals surface area contributed by atoms with Crippen molar-refractivity contribution in [1.29, 1.82) is 0 Å². The standard InChI is InChI=1S/C19H11FO4S/c20-13-5-6-17-12(7-13)9-18(25-17)19(22)23-10-14(21)16-8-11-3-1-2-4-15(11)24-16/h1-9H,10H2. The van der Waals surface area contributed by atoms with Crippen molar-refractivity contribution < 1.29 is 23.1 Å². The molecule has 0 spiro atoms. The fraction of sp³-hybridized carbons (Fsp3) is 0.0526. The van der Waals surface area contributed by atoms with Crippen LogP contribution in [0.15, 0.2) is 59.0 Å². The van der Waals surface area contributed by atoms with E-state index in [0.717, 1.165) is 10.1 Å². The Kier molecular flexibility index (Phi) is 3.82. The highest BCUT2D eigenvalue weighted by Gasteiger charge is 2.17. The van der Waals surface area contributed by atoms with Gasteiger partial charge >= 0.3 is 5.97 Å². The van der Waals surface area contributed by atoms with Crippen molar-refractivity contribution in [2.45, 2.75) is 0 Å². The van der Waals surface area contributed by atoms with Gasteiger partial charge in [0, 0.05) is 10.1 Å². The lowest BCUT2D eigenvalue weighted by Gasteiger charge is -2.00. The minimum absolute atomic E-state index is 0.146. The SMILES string of the molecule is O=C(COC(=O)c1cc2cc(F)ccc2s1)c1cc2ccccc2o1. The molecule has 0 bridgehead atoms. The van der Waals surface area contributed by atoms with Gasteiger partial charge in [0.05, 0.1) is 0 Å². The Labute approximate surface area is 145 Å². The van der Waals surface area contributed by atoms with Crippen molar-refractivity contribution in [3.8, 4) is 0 Å². The number of carbonyl (C=O) groups excluding carboxylic acids is 2. The number of Topliss-reactive ketones (excluding diaryl/α,β-unsaturated/α-hetero) is 1. The summed E-state index contributed by atoms with van der Waals surface area (Å²) in [5.41, 5.74) is 0.601. The molecule has 0 N–H and O–H groups in total. The molecule has 0 saturated carbocycles. The molecule has 4 aromatic rings. The minimum atomic E-state index is -0.619. The summed E-state index contributed by atoms with van der Waals surface area (Å²) in [5.74, 6) is -1.26. The first-order valence-corrected chi connectivity index (χ1v) is 8.30. The highest BCUT2D eigenvalue weighted by atomic mass is 32.1. The third kappa shape index (κ3) is 3.04. The summed E-state index contributed by atoms with van der Waals surface area (Å²) >= 11 is 1.19. The number of hydrogen-bond acceptors (Lipinski definition) is 5. The maximum Gasteiger partial charge on any atom is 0.348 e. The van der Waals surface area contributed by atoms with Crippen molar-refractivity contribution >= 4 is 44.1 Å². The average molecular weight is 354 g/mol. The van der Waals surface area contributed by atoms with E-state index in [0.29, 0.717) is 15.8 Å². The monoisotopic (exact) mass is 354 g/mol. The number of fused-ring (bicyclic) bond motifs is 2. The van der Waals surface area contributed by atoms with E-state index >= 15 is 0 Å². The van der Waals surface area contributed by atoms with Crippen LogP contribution in [0.25, 0.3) is 21.1 Å². The van der Waals surface area contributed by atoms with E-state index in [9.17, 15) is 14.0 Å². The van der Waals surface area contributed by atoms with Gasteiger partial charge in [0.2, 0.25) is 5.78 Å². The second-order valence-electron chi connectivity index (χ2n) is 5.44. The van der Waals surface area contributed by atoms with Crippen LogP contribution in [0.3, 0.4) is 0 Å². The highest BCUT2D eigenvalue weighted by Crippen LogP contribution is 2.27. The van der Waals surface area contributed by atoms with Crippen molar-refractivity contribution in [3.05, 3.63) is 71.1 Å². The lowest BCUT2D eigenvalue weighted by atomic mass is 10.2. The van der Waals surface area contributed by atoms with Crippen LogP contribution in [0, 0.1) is 5.82 Å². The van der Waals surface area contributed by atoms with Gasteiger partial charge in [-0.3, -0.25) is 4.79 Å². The molecule has 124 valence electrons. The van der Waals surface area contributed by atoms with E-state index in [1.54, 1.807) is 24.3 Å². The molecular weight excluding hydrogens is 343 g/mol. The van der Waals surface area contributed by atoms with E-state index in [-0.39, 0.29) is 11.6 Å². The zero-order valence-electron chi connectivity index (χ0n) is 12.8. The summed E-state index contributed by atoms with van der Waals surface area (Å²) in [6.45, 7) is -0.415. The van der Waals surface area contributed by atoms with Crippen molar-refractivity contribution in [3.63, 3.8) is 0 Å². The number of rotatable bonds is 4. The van der Waals surface area contributed by atoms with Crippen molar-refractivity contribution in [1.82, 2.24) is 0 Å². The molecule has 4 rings (SSSR count). The van der Waals surface area contributed by atoms with Crippen LogP contribution in [0.5, 0.6) is 0 Å². The van der Waals surface area contributed by atoms with Crippen LogP contribution in [-0.4, -0.2) is 18.4 Å². The number of carbonyl (C=O) groups is 2. The Hall–Kier alpha value is -2.99. The molecule has 6 heteroatoms. The largest absolute Gasteiger partial charge is 0.453 e. The van der Waals surface area contributed by atoms with Gasteiger partial charge in [-0.2, -0.15) is 0 Å². The minimum Gasteiger partial charge on any atom is -0.453 e. The van der Waals surface area contributed by atoms with E-state index in [1.807, 2.05) is 18.2 Å². The number of esters is 1. The normalized spacial score (nSPS) is 11.1. The molecule has 0 saturated heterocycles. The van der Waals surface area contributed by atoms with Gasteiger partial charge in [0.1, 0.15) is 16.3 Å². The first-order valence-electron chi connectivity index (χ1n) is 7.48. The molecule has 0 aliphatic heterocycles. The molecule has 0 aliphatic carbocycles. The number of para-hydroxylation sites is 1. The van der Waals surface area contributed by atoms with Crippen molar-refractivity contribution in [2.75, 3.05) is 6.61 Å². The Balaban J connectivity index is 1.47. The predicted molar refractivity (Wildman–Crippen MR) is 92.6 cm³/mol. The first kappa shape index (κ1) is 15.5. The number of hydrogen-bond donors (Lipinski definition) is 0. The van der Waals surface area contributed by atoms with Gasteiger partial charge in [-0.05, 0) is 41.8 Å². The molecule has 0 unspecified atom stereocenters. The Morgan fingerprint density at radius 1 is 1.04 bits per heavy atom. The summed E-state index contributed by atoms with van der Waals surface area (Å²) in [6, 6.07) is 14.7. The smallest absolute Gasteiger partial charge is 0.348 e. The lowest BCUT2D eigenvalue weighted by Crippen LogP contribution is -2.12. The molecular formula is C19H11FO4S. The van der Waals surface area contributed by atoms with Crippen LogP contribution in [0.1, 0.15) is 20.2 Å². The van der Waals surface area contributed by atoms with E-state index in [4.69, 9.17) is 9.15 Å². The van der Waals surface area contributed by atoms with Crippen LogP contribution < -0.4 is 0 Å². The summed E-state index contributed by atoms with van der Waals surface area (Å²) in [4.78, 5) is 24.6. The average Bonchev–Trinajstić information content (AvgIpc) is 3.22. The lowest BCUT2D eigenvalue weighted by molar-refractivity contribution is 0.0473. The van der Waals surface area contributed by atoms with Crippen LogP contribution >= 0.6 is 11.3 Å².